The molecule has 0 fully saturated rings. The molecule has 0 saturated heterocycles. The third-order valence-electron chi connectivity index (χ3n) is 3.09. The first-order chi connectivity index (χ1) is 8.90. The molecule has 4 heteroatoms. The molecule has 2 aromatic rings. The molecule has 1 N–H and O–H groups in total. The predicted molar refractivity (Wildman–Crippen MR) is 79.1 cm³/mol. The summed E-state index contributed by atoms with van der Waals surface area (Å²) in [6, 6.07) is 8.07. The Kier molecular flexibility index (Phi) is 4.29. The van der Waals surface area contributed by atoms with E-state index in [1.54, 1.807) is 32.0 Å². The molecule has 0 heterocycles. The van der Waals surface area contributed by atoms with Gasteiger partial charge in [0.2, 0.25) is 0 Å². The van der Waals surface area contributed by atoms with Gasteiger partial charge in [0.25, 0.3) is 0 Å². The lowest BCUT2D eigenvalue weighted by molar-refractivity contribution is 0.218. The van der Waals surface area contributed by atoms with Crippen molar-refractivity contribution in [2.45, 2.75) is 20.0 Å². The van der Waals surface area contributed by atoms with Crippen LogP contribution in [0.1, 0.15) is 28.4 Å². The van der Waals surface area contributed by atoms with Crippen molar-refractivity contribution in [1.29, 1.82) is 0 Å². The van der Waals surface area contributed by atoms with Crippen molar-refractivity contribution in [2.24, 2.45) is 0 Å². The van der Waals surface area contributed by atoms with Gasteiger partial charge in [0.05, 0.1) is 0 Å². The Bertz CT molecular complexity index is 605. The van der Waals surface area contributed by atoms with Crippen LogP contribution in [0, 0.1) is 19.7 Å². The van der Waals surface area contributed by atoms with Crippen molar-refractivity contribution in [2.75, 3.05) is 0 Å². The molecule has 19 heavy (non-hydrogen) atoms. The zero-order chi connectivity index (χ0) is 14.2. The second-order valence-corrected chi connectivity index (χ2v) is 5.81. The van der Waals surface area contributed by atoms with Crippen LogP contribution in [-0.2, 0) is 0 Å². The van der Waals surface area contributed by atoms with Crippen molar-refractivity contribution < 1.29 is 9.50 Å². The quantitative estimate of drug-likeness (QED) is 0.819. The SMILES string of the molecule is Cc1cc(F)cc(C)c1C(O)c1ccc(Cl)cc1Br. The van der Waals surface area contributed by atoms with Gasteiger partial charge in [-0.2, -0.15) is 0 Å². The average molecular weight is 344 g/mol. The van der Waals surface area contributed by atoms with E-state index in [2.05, 4.69) is 15.9 Å². The van der Waals surface area contributed by atoms with Gasteiger partial charge in [0, 0.05) is 9.50 Å². The highest BCUT2D eigenvalue weighted by Gasteiger charge is 2.18. The highest BCUT2D eigenvalue weighted by atomic mass is 79.9. The number of benzene rings is 2. The van der Waals surface area contributed by atoms with Gasteiger partial charge in [0.1, 0.15) is 11.9 Å². The minimum atomic E-state index is -0.813. The summed E-state index contributed by atoms with van der Waals surface area (Å²) in [6.45, 7) is 3.58. The maximum absolute atomic E-state index is 13.3. The summed E-state index contributed by atoms with van der Waals surface area (Å²) in [4.78, 5) is 0. The molecular formula is C15H13BrClFO. The minimum Gasteiger partial charge on any atom is -0.384 e. The Morgan fingerprint density at radius 3 is 2.26 bits per heavy atom. The minimum absolute atomic E-state index is 0.291. The monoisotopic (exact) mass is 342 g/mol. The molecule has 0 bridgehead atoms. The first-order valence-electron chi connectivity index (χ1n) is 5.80. The van der Waals surface area contributed by atoms with Crippen LogP contribution >= 0.6 is 27.5 Å². The molecule has 0 spiro atoms. The van der Waals surface area contributed by atoms with Gasteiger partial charge in [-0.25, -0.2) is 4.39 Å². The van der Waals surface area contributed by atoms with Gasteiger partial charge in [-0.1, -0.05) is 33.6 Å². The molecule has 1 nitrogen and oxygen atoms in total. The summed E-state index contributed by atoms with van der Waals surface area (Å²) >= 11 is 9.28. The second kappa shape index (κ2) is 5.61. The number of aliphatic hydroxyl groups excluding tert-OH is 1. The van der Waals surface area contributed by atoms with Gasteiger partial charge in [-0.05, 0) is 60.4 Å². The van der Waals surface area contributed by atoms with E-state index < -0.39 is 6.10 Å². The number of hydrogen-bond donors (Lipinski definition) is 1. The number of aliphatic hydroxyl groups is 1. The molecule has 0 aliphatic carbocycles. The van der Waals surface area contributed by atoms with Gasteiger partial charge < -0.3 is 5.11 Å². The van der Waals surface area contributed by atoms with Crippen LogP contribution in [0.5, 0.6) is 0 Å². The summed E-state index contributed by atoms with van der Waals surface area (Å²) in [7, 11) is 0. The maximum atomic E-state index is 13.3. The Hall–Kier alpha value is -0.900. The van der Waals surface area contributed by atoms with Crippen LogP contribution in [0.2, 0.25) is 5.02 Å². The molecule has 1 atom stereocenters. The molecule has 0 radical (unpaired) electrons. The highest BCUT2D eigenvalue weighted by molar-refractivity contribution is 9.10. The van der Waals surface area contributed by atoms with Crippen LogP contribution in [0.25, 0.3) is 0 Å². The van der Waals surface area contributed by atoms with E-state index >= 15 is 0 Å². The van der Waals surface area contributed by atoms with E-state index in [0.29, 0.717) is 10.6 Å². The standard InChI is InChI=1S/C15H13BrClFO/c1-8-5-11(18)6-9(2)14(8)15(19)12-4-3-10(17)7-13(12)16/h3-7,15,19H,1-2H3. The molecule has 0 saturated carbocycles. The molecule has 0 amide bonds. The summed E-state index contributed by atoms with van der Waals surface area (Å²) < 4.78 is 14.0. The second-order valence-electron chi connectivity index (χ2n) is 4.52. The third kappa shape index (κ3) is 2.99. The van der Waals surface area contributed by atoms with Crippen LogP contribution in [-0.4, -0.2) is 5.11 Å². The Labute approximate surface area is 125 Å². The van der Waals surface area contributed by atoms with Crippen molar-refractivity contribution in [3.63, 3.8) is 0 Å². The van der Waals surface area contributed by atoms with Crippen LogP contribution in [0.15, 0.2) is 34.8 Å². The fraction of sp³-hybridized carbons (Fsp3) is 0.200. The molecule has 0 aliphatic rings. The van der Waals surface area contributed by atoms with Crippen molar-refractivity contribution in [3.05, 3.63) is 67.9 Å². The predicted octanol–water partition coefficient (Wildman–Crippen LogP) is 4.94. The van der Waals surface area contributed by atoms with Crippen molar-refractivity contribution in [1.82, 2.24) is 0 Å². The van der Waals surface area contributed by atoms with E-state index in [-0.39, 0.29) is 5.82 Å². The molecule has 2 rings (SSSR count). The summed E-state index contributed by atoms with van der Waals surface area (Å²) in [5.74, 6) is -0.291. The summed E-state index contributed by atoms with van der Waals surface area (Å²) in [5.41, 5.74) is 2.89. The smallest absolute Gasteiger partial charge is 0.123 e. The molecule has 1 unspecified atom stereocenters. The van der Waals surface area contributed by atoms with Gasteiger partial charge >= 0.3 is 0 Å². The topological polar surface area (TPSA) is 20.2 Å². The normalized spacial score (nSPS) is 12.5. The zero-order valence-corrected chi connectivity index (χ0v) is 12.9. The fourth-order valence-corrected chi connectivity index (χ4v) is 3.13. The fourth-order valence-electron chi connectivity index (χ4n) is 2.23. The first-order valence-corrected chi connectivity index (χ1v) is 6.97. The van der Waals surface area contributed by atoms with Gasteiger partial charge in [0.15, 0.2) is 0 Å². The van der Waals surface area contributed by atoms with E-state index in [0.717, 1.165) is 21.2 Å². The number of hydrogen-bond acceptors (Lipinski definition) is 1. The largest absolute Gasteiger partial charge is 0.384 e. The first kappa shape index (κ1) is 14.5. The maximum Gasteiger partial charge on any atom is 0.123 e. The van der Waals surface area contributed by atoms with Crippen molar-refractivity contribution >= 4 is 27.5 Å². The van der Waals surface area contributed by atoms with E-state index in [1.807, 2.05) is 0 Å². The van der Waals surface area contributed by atoms with Crippen LogP contribution in [0.3, 0.4) is 0 Å². The summed E-state index contributed by atoms with van der Waals surface area (Å²) in [5, 5.41) is 11.1. The molecule has 0 aliphatic heterocycles. The Balaban J connectivity index is 2.53. The van der Waals surface area contributed by atoms with E-state index in [1.165, 1.54) is 12.1 Å². The zero-order valence-electron chi connectivity index (χ0n) is 10.5. The van der Waals surface area contributed by atoms with Crippen LogP contribution in [0.4, 0.5) is 4.39 Å². The van der Waals surface area contributed by atoms with Gasteiger partial charge in [-0.15, -0.1) is 0 Å². The number of rotatable bonds is 2. The van der Waals surface area contributed by atoms with E-state index in [4.69, 9.17) is 11.6 Å². The Morgan fingerprint density at radius 2 is 1.74 bits per heavy atom. The number of halogens is 3. The molecule has 100 valence electrons. The highest BCUT2D eigenvalue weighted by Crippen LogP contribution is 2.33. The van der Waals surface area contributed by atoms with Gasteiger partial charge in [-0.3, -0.25) is 0 Å². The molecule has 2 aromatic carbocycles. The molecular weight excluding hydrogens is 331 g/mol. The average Bonchev–Trinajstić information content (AvgIpc) is 2.26. The molecule has 0 aromatic heterocycles. The van der Waals surface area contributed by atoms with E-state index in [9.17, 15) is 9.50 Å². The van der Waals surface area contributed by atoms with Crippen LogP contribution < -0.4 is 0 Å². The number of aryl methyl sites for hydroxylation is 2. The lowest BCUT2D eigenvalue weighted by Crippen LogP contribution is -2.06. The summed E-state index contributed by atoms with van der Waals surface area (Å²) in [6.07, 6.45) is -0.813. The Morgan fingerprint density at radius 1 is 1.16 bits per heavy atom. The van der Waals surface area contributed by atoms with Crippen molar-refractivity contribution in [3.8, 4) is 0 Å². The lowest BCUT2D eigenvalue weighted by Gasteiger charge is -2.18. The third-order valence-corrected chi connectivity index (χ3v) is 4.01. The lowest BCUT2D eigenvalue weighted by atomic mass is 9.93.